The van der Waals surface area contributed by atoms with Gasteiger partial charge in [0.25, 0.3) is 0 Å². The first kappa shape index (κ1) is 12.1. The van der Waals surface area contributed by atoms with Gasteiger partial charge in [0.15, 0.2) is 6.17 Å². The number of hydrogen-bond donors (Lipinski definition) is 1. The molecule has 2 N–H and O–H groups in total. The van der Waals surface area contributed by atoms with E-state index in [2.05, 4.69) is 0 Å². The summed E-state index contributed by atoms with van der Waals surface area (Å²) in [7, 11) is 0. The standard InChI is InChI=1S/C14H18FNO/c1-9(2)11(8-16)14(15)13-7-10-5-3-4-6-12(10)17-13/h3-7,9,11,14H,8,16H2,1-2H3. The van der Waals surface area contributed by atoms with E-state index < -0.39 is 6.17 Å². The molecule has 92 valence electrons. The van der Waals surface area contributed by atoms with Crippen molar-refractivity contribution < 1.29 is 8.81 Å². The molecule has 0 aliphatic rings. The van der Waals surface area contributed by atoms with Gasteiger partial charge in [-0.1, -0.05) is 32.0 Å². The summed E-state index contributed by atoms with van der Waals surface area (Å²) in [5.74, 6) is 0.383. The first-order valence-electron chi connectivity index (χ1n) is 5.96. The molecule has 2 nitrogen and oxygen atoms in total. The zero-order valence-electron chi connectivity index (χ0n) is 10.2. The lowest BCUT2D eigenvalue weighted by atomic mass is 9.90. The number of alkyl halides is 1. The van der Waals surface area contributed by atoms with E-state index in [9.17, 15) is 4.39 Å². The molecule has 0 saturated carbocycles. The number of rotatable bonds is 4. The van der Waals surface area contributed by atoms with Gasteiger partial charge in [-0.2, -0.15) is 0 Å². The summed E-state index contributed by atoms with van der Waals surface area (Å²) in [6, 6.07) is 9.33. The lowest BCUT2D eigenvalue weighted by Crippen LogP contribution is -2.24. The highest BCUT2D eigenvalue weighted by atomic mass is 19.1. The molecular weight excluding hydrogens is 217 g/mol. The Morgan fingerprint density at radius 2 is 2.00 bits per heavy atom. The van der Waals surface area contributed by atoms with Crippen LogP contribution in [0.5, 0.6) is 0 Å². The molecule has 0 aliphatic heterocycles. The van der Waals surface area contributed by atoms with E-state index in [0.29, 0.717) is 12.3 Å². The molecule has 2 rings (SSSR count). The fourth-order valence-corrected chi connectivity index (χ4v) is 2.08. The molecule has 1 aromatic carbocycles. The third-order valence-corrected chi connectivity index (χ3v) is 3.22. The Morgan fingerprint density at radius 3 is 2.59 bits per heavy atom. The van der Waals surface area contributed by atoms with Crippen molar-refractivity contribution in [3.05, 3.63) is 36.1 Å². The third-order valence-electron chi connectivity index (χ3n) is 3.22. The number of halogens is 1. The van der Waals surface area contributed by atoms with Gasteiger partial charge in [-0.15, -0.1) is 0 Å². The SMILES string of the molecule is CC(C)C(CN)C(F)c1cc2ccccc2o1. The first-order chi connectivity index (χ1) is 8.13. The zero-order chi connectivity index (χ0) is 12.4. The third kappa shape index (κ3) is 2.34. The fourth-order valence-electron chi connectivity index (χ4n) is 2.08. The summed E-state index contributed by atoms with van der Waals surface area (Å²) < 4.78 is 19.8. The van der Waals surface area contributed by atoms with Crippen LogP contribution in [0.4, 0.5) is 4.39 Å². The van der Waals surface area contributed by atoms with Crippen LogP contribution in [0.1, 0.15) is 25.8 Å². The van der Waals surface area contributed by atoms with Gasteiger partial charge in [-0.05, 0) is 24.6 Å². The minimum absolute atomic E-state index is 0.197. The molecule has 3 heteroatoms. The highest BCUT2D eigenvalue weighted by Gasteiger charge is 2.27. The van der Waals surface area contributed by atoms with Crippen molar-refractivity contribution in [1.29, 1.82) is 0 Å². The quantitative estimate of drug-likeness (QED) is 0.878. The van der Waals surface area contributed by atoms with Crippen LogP contribution in [0.3, 0.4) is 0 Å². The molecule has 0 aliphatic carbocycles. The smallest absolute Gasteiger partial charge is 0.162 e. The van der Waals surface area contributed by atoms with Gasteiger partial charge >= 0.3 is 0 Å². The van der Waals surface area contributed by atoms with Crippen LogP contribution in [0, 0.1) is 11.8 Å². The van der Waals surface area contributed by atoms with Crippen LogP contribution in [-0.4, -0.2) is 6.54 Å². The normalized spacial score (nSPS) is 15.4. The highest BCUT2D eigenvalue weighted by Crippen LogP contribution is 2.34. The summed E-state index contributed by atoms with van der Waals surface area (Å²) in [6.07, 6.45) is -1.13. The minimum atomic E-state index is -1.13. The average Bonchev–Trinajstić information content (AvgIpc) is 2.72. The molecule has 0 fully saturated rings. The number of fused-ring (bicyclic) bond motifs is 1. The number of hydrogen-bond acceptors (Lipinski definition) is 2. The van der Waals surface area contributed by atoms with Gasteiger partial charge < -0.3 is 10.2 Å². The van der Waals surface area contributed by atoms with E-state index in [1.54, 1.807) is 6.07 Å². The van der Waals surface area contributed by atoms with Crippen molar-refractivity contribution in [3.8, 4) is 0 Å². The number of benzene rings is 1. The number of furan rings is 1. The lowest BCUT2D eigenvalue weighted by molar-refractivity contribution is 0.164. The summed E-state index contributed by atoms with van der Waals surface area (Å²) >= 11 is 0. The second-order valence-corrected chi connectivity index (χ2v) is 4.73. The maximum absolute atomic E-state index is 14.3. The fraction of sp³-hybridized carbons (Fsp3) is 0.429. The van der Waals surface area contributed by atoms with Gasteiger partial charge in [0.2, 0.25) is 0 Å². The molecule has 2 aromatic rings. The second kappa shape index (κ2) is 4.88. The van der Waals surface area contributed by atoms with Crippen molar-refractivity contribution in [2.45, 2.75) is 20.0 Å². The van der Waals surface area contributed by atoms with Crippen molar-refractivity contribution in [1.82, 2.24) is 0 Å². The van der Waals surface area contributed by atoms with Crippen molar-refractivity contribution >= 4 is 11.0 Å². The van der Waals surface area contributed by atoms with Crippen LogP contribution < -0.4 is 5.73 Å². The molecule has 17 heavy (non-hydrogen) atoms. The molecule has 0 radical (unpaired) electrons. The van der Waals surface area contributed by atoms with E-state index in [4.69, 9.17) is 10.2 Å². The molecule has 0 saturated heterocycles. The maximum Gasteiger partial charge on any atom is 0.162 e. The van der Waals surface area contributed by atoms with Gasteiger partial charge in [0.05, 0.1) is 0 Å². The van der Waals surface area contributed by atoms with E-state index in [0.717, 1.165) is 11.0 Å². The predicted octanol–water partition coefficient (Wildman–Crippen LogP) is 3.67. The van der Waals surface area contributed by atoms with Gasteiger partial charge in [-0.25, -0.2) is 4.39 Å². The summed E-state index contributed by atoms with van der Waals surface area (Å²) in [4.78, 5) is 0. The Morgan fingerprint density at radius 1 is 1.29 bits per heavy atom. The number of para-hydroxylation sites is 1. The Hall–Kier alpha value is -1.35. The first-order valence-corrected chi connectivity index (χ1v) is 5.96. The summed E-state index contributed by atoms with van der Waals surface area (Å²) in [6.45, 7) is 4.29. The zero-order valence-corrected chi connectivity index (χ0v) is 10.2. The van der Waals surface area contributed by atoms with E-state index in [1.165, 1.54) is 0 Å². The molecule has 0 spiro atoms. The van der Waals surface area contributed by atoms with Gasteiger partial charge in [0.1, 0.15) is 11.3 Å². The molecule has 0 amide bonds. The van der Waals surface area contributed by atoms with E-state index >= 15 is 0 Å². The van der Waals surface area contributed by atoms with Gasteiger partial charge in [-0.3, -0.25) is 0 Å². The van der Waals surface area contributed by atoms with E-state index in [-0.39, 0.29) is 11.8 Å². The van der Waals surface area contributed by atoms with Gasteiger partial charge in [0, 0.05) is 11.3 Å². The highest BCUT2D eigenvalue weighted by molar-refractivity contribution is 5.77. The Kier molecular flexibility index (Phi) is 3.48. The average molecular weight is 235 g/mol. The van der Waals surface area contributed by atoms with Crippen LogP contribution in [-0.2, 0) is 0 Å². The topological polar surface area (TPSA) is 39.2 Å². The summed E-state index contributed by atoms with van der Waals surface area (Å²) in [5.41, 5.74) is 6.35. The molecule has 0 bridgehead atoms. The van der Waals surface area contributed by atoms with Crippen LogP contribution in [0.25, 0.3) is 11.0 Å². The van der Waals surface area contributed by atoms with Crippen LogP contribution in [0.15, 0.2) is 34.7 Å². The molecule has 2 atom stereocenters. The maximum atomic E-state index is 14.3. The van der Waals surface area contributed by atoms with Crippen LogP contribution >= 0.6 is 0 Å². The molecule has 2 unspecified atom stereocenters. The Bertz CT molecular complexity index is 459. The molecule has 1 aromatic heterocycles. The summed E-state index contributed by atoms with van der Waals surface area (Å²) in [5, 5.41) is 0.935. The van der Waals surface area contributed by atoms with Crippen molar-refractivity contribution in [3.63, 3.8) is 0 Å². The minimum Gasteiger partial charge on any atom is -0.458 e. The second-order valence-electron chi connectivity index (χ2n) is 4.73. The predicted molar refractivity (Wildman–Crippen MR) is 67.4 cm³/mol. The van der Waals surface area contributed by atoms with E-state index in [1.807, 2.05) is 38.1 Å². The monoisotopic (exact) mass is 235 g/mol. The molecular formula is C14H18FNO. The molecule has 1 heterocycles. The largest absolute Gasteiger partial charge is 0.458 e. The van der Waals surface area contributed by atoms with Crippen molar-refractivity contribution in [2.75, 3.05) is 6.54 Å². The Balaban J connectivity index is 2.32. The lowest BCUT2D eigenvalue weighted by Gasteiger charge is -2.21. The number of nitrogens with two attached hydrogens (primary N) is 1. The van der Waals surface area contributed by atoms with Crippen LogP contribution in [0.2, 0.25) is 0 Å². The Labute approximate surface area is 101 Å². The van der Waals surface area contributed by atoms with Crippen molar-refractivity contribution in [2.24, 2.45) is 17.6 Å².